The number of hydrogen-bond donors (Lipinski definition) is 2. The van der Waals surface area contributed by atoms with Gasteiger partial charge in [0.2, 0.25) is 5.91 Å². The molecule has 4 fully saturated rings. The van der Waals surface area contributed by atoms with E-state index < -0.39 is 0 Å². The first kappa shape index (κ1) is 11.5. The zero-order valence-corrected chi connectivity index (χ0v) is 11.2. The van der Waals surface area contributed by atoms with Gasteiger partial charge in [-0.3, -0.25) is 4.79 Å². The van der Waals surface area contributed by atoms with Crippen LogP contribution in [0.15, 0.2) is 0 Å². The Morgan fingerprint density at radius 3 is 1.94 bits per heavy atom. The van der Waals surface area contributed by atoms with E-state index in [9.17, 15) is 4.79 Å². The van der Waals surface area contributed by atoms with Gasteiger partial charge in [0.15, 0.2) is 0 Å². The van der Waals surface area contributed by atoms with E-state index in [1.54, 1.807) is 6.92 Å². The number of carbonyl (C=O) groups excluding carboxylic acids is 1. The maximum atomic E-state index is 11.5. The number of amides is 1. The second-order valence-electron chi connectivity index (χ2n) is 8.01. The third-order valence-corrected chi connectivity index (χ3v) is 5.07. The van der Waals surface area contributed by atoms with Gasteiger partial charge >= 0.3 is 0 Å². The van der Waals surface area contributed by atoms with Gasteiger partial charge in [0, 0.05) is 18.0 Å². The lowest BCUT2D eigenvalue weighted by Gasteiger charge is -2.68. The Bertz CT molecular complexity index is 336. The smallest absolute Gasteiger partial charge is 0.217 e. The van der Waals surface area contributed by atoms with Crippen molar-refractivity contribution in [1.29, 1.82) is 0 Å². The minimum absolute atomic E-state index is 0.0150. The highest BCUT2D eigenvalue weighted by atomic mass is 16.1. The van der Waals surface area contributed by atoms with Crippen molar-refractivity contribution in [3.63, 3.8) is 0 Å². The second kappa shape index (κ2) is 2.87. The molecule has 0 aromatic carbocycles. The molecule has 0 aliphatic heterocycles. The maximum Gasteiger partial charge on any atom is 0.217 e. The molecule has 17 heavy (non-hydrogen) atoms. The molecular formula is C14H24N2O. The van der Waals surface area contributed by atoms with Crippen LogP contribution in [0.5, 0.6) is 0 Å². The fourth-order valence-corrected chi connectivity index (χ4v) is 6.29. The summed E-state index contributed by atoms with van der Waals surface area (Å²) >= 11 is 0. The van der Waals surface area contributed by atoms with Crippen molar-refractivity contribution in [3.8, 4) is 0 Å². The first-order chi connectivity index (χ1) is 7.66. The van der Waals surface area contributed by atoms with Crippen molar-refractivity contribution < 1.29 is 4.79 Å². The average Bonchev–Trinajstić information content (AvgIpc) is 1.87. The van der Waals surface area contributed by atoms with Crippen molar-refractivity contribution in [3.05, 3.63) is 0 Å². The van der Waals surface area contributed by atoms with Crippen LogP contribution >= 0.6 is 0 Å². The molecule has 0 saturated heterocycles. The van der Waals surface area contributed by atoms with E-state index in [1.807, 2.05) is 0 Å². The zero-order valence-electron chi connectivity index (χ0n) is 11.2. The van der Waals surface area contributed by atoms with Gasteiger partial charge in [0.05, 0.1) is 0 Å². The number of hydrogen-bond acceptors (Lipinski definition) is 2. The first-order valence-electron chi connectivity index (χ1n) is 6.74. The van der Waals surface area contributed by atoms with Gasteiger partial charge in [-0.25, -0.2) is 0 Å². The van der Waals surface area contributed by atoms with E-state index in [0.717, 1.165) is 32.1 Å². The van der Waals surface area contributed by atoms with Gasteiger partial charge in [0.1, 0.15) is 0 Å². The van der Waals surface area contributed by atoms with E-state index in [1.165, 1.54) is 6.42 Å². The molecule has 0 spiro atoms. The second-order valence-corrected chi connectivity index (χ2v) is 8.01. The topological polar surface area (TPSA) is 55.1 Å². The summed E-state index contributed by atoms with van der Waals surface area (Å²) in [5.41, 5.74) is 7.21. The van der Waals surface area contributed by atoms with Gasteiger partial charge < -0.3 is 11.1 Å². The van der Waals surface area contributed by atoms with E-state index in [0.29, 0.717) is 10.8 Å². The summed E-state index contributed by atoms with van der Waals surface area (Å²) in [6.07, 6.45) is 6.77. The molecule has 96 valence electrons. The van der Waals surface area contributed by atoms with Crippen molar-refractivity contribution in [2.24, 2.45) is 16.6 Å². The number of carbonyl (C=O) groups is 1. The van der Waals surface area contributed by atoms with Gasteiger partial charge in [0.25, 0.3) is 0 Å². The highest BCUT2D eigenvalue weighted by Gasteiger charge is 2.64. The number of nitrogens with one attached hydrogen (secondary N) is 1. The molecule has 3 N–H and O–H groups in total. The maximum absolute atomic E-state index is 11.5. The molecule has 0 heterocycles. The first-order valence-corrected chi connectivity index (χ1v) is 6.74. The predicted molar refractivity (Wildman–Crippen MR) is 67.4 cm³/mol. The molecule has 4 rings (SSSR count). The SMILES string of the molecule is CC(=O)NC12CC3(C)CC(C)(CC(N)(C3)C1)C2. The highest BCUT2D eigenvalue weighted by molar-refractivity contribution is 5.74. The van der Waals surface area contributed by atoms with Crippen LogP contribution in [0.3, 0.4) is 0 Å². The normalized spacial score (nSPS) is 56.0. The van der Waals surface area contributed by atoms with Gasteiger partial charge in [-0.2, -0.15) is 0 Å². The summed E-state index contributed by atoms with van der Waals surface area (Å²) in [6, 6.07) is 0. The summed E-state index contributed by atoms with van der Waals surface area (Å²) in [5, 5.41) is 3.24. The Hall–Kier alpha value is -0.570. The molecular weight excluding hydrogens is 212 g/mol. The van der Waals surface area contributed by atoms with Crippen molar-refractivity contribution in [1.82, 2.24) is 5.32 Å². The van der Waals surface area contributed by atoms with E-state index in [4.69, 9.17) is 5.73 Å². The van der Waals surface area contributed by atoms with Gasteiger partial charge in [-0.05, 0) is 49.4 Å². The fourth-order valence-electron chi connectivity index (χ4n) is 6.29. The molecule has 0 radical (unpaired) electrons. The van der Waals surface area contributed by atoms with Crippen LogP contribution in [0.4, 0.5) is 0 Å². The van der Waals surface area contributed by atoms with Crippen LogP contribution < -0.4 is 11.1 Å². The van der Waals surface area contributed by atoms with E-state index in [-0.39, 0.29) is 17.0 Å². The number of rotatable bonds is 1. The molecule has 4 bridgehead atoms. The zero-order chi connectivity index (χ0) is 12.5. The molecule has 1 amide bonds. The lowest BCUT2D eigenvalue weighted by Crippen LogP contribution is -2.72. The Morgan fingerprint density at radius 1 is 1.00 bits per heavy atom. The summed E-state index contributed by atoms with van der Waals surface area (Å²) < 4.78 is 0. The lowest BCUT2D eigenvalue weighted by atomic mass is 9.40. The van der Waals surface area contributed by atoms with Gasteiger partial charge in [-0.15, -0.1) is 0 Å². The summed E-state index contributed by atoms with van der Waals surface area (Å²) in [4.78, 5) is 11.5. The molecule has 0 aromatic rings. The highest BCUT2D eigenvalue weighted by Crippen LogP contribution is 2.66. The van der Waals surface area contributed by atoms with Crippen molar-refractivity contribution in [2.45, 2.75) is 70.4 Å². The molecule has 3 nitrogen and oxygen atoms in total. The monoisotopic (exact) mass is 236 g/mol. The molecule has 4 aliphatic carbocycles. The molecule has 2 atom stereocenters. The minimum atomic E-state index is -0.0410. The van der Waals surface area contributed by atoms with E-state index >= 15 is 0 Å². The molecule has 2 unspecified atom stereocenters. The van der Waals surface area contributed by atoms with Crippen molar-refractivity contribution >= 4 is 5.91 Å². The third kappa shape index (κ3) is 1.70. The van der Waals surface area contributed by atoms with Crippen LogP contribution in [-0.2, 0) is 4.79 Å². The summed E-state index contributed by atoms with van der Waals surface area (Å²) in [5.74, 6) is 0.0998. The fraction of sp³-hybridized carbons (Fsp3) is 0.929. The largest absolute Gasteiger partial charge is 0.351 e. The van der Waals surface area contributed by atoms with Gasteiger partial charge in [-0.1, -0.05) is 13.8 Å². The molecule has 0 aromatic heterocycles. The van der Waals surface area contributed by atoms with Crippen LogP contribution in [0.25, 0.3) is 0 Å². The van der Waals surface area contributed by atoms with Crippen LogP contribution in [-0.4, -0.2) is 17.0 Å². The standard InChI is InChI=1S/C14H24N2O/c1-10(17)16-14-7-11(2)4-12(3,8-14)6-13(15,5-11)9-14/h4-9,15H2,1-3H3,(H,16,17). The lowest BCUT2D eigenvalue weighted by molar-refractivity contribution is -0.143. The molecule has 3 heteroatoms. The van der Waals surface area contributed by atoms with Crippen LogP contribution in [0.1, 0.15) is 59.3 Å². The number of nitrogens with two attached hydrogens (primary N) is 1. The Kier molecular flexibility index (Phi) is 1.95. The van der Waals surface area contributed by atoms with Crippen LogP contribution in [0, 0.1) is 10.8 Å². The Morgan fingerprint density at radius 2 is 1.53 bits per heavy atom. The predicted octanol–water partition coefficient (Wildman–Crippen LogP) is 1.95. The van der Waals surface area contributed by atoms with Crippen LogP contribution in [0.2, 0.25) is 0 Å². The summed E-state index contributed by atoms with van der Waals surface area (Å²) in [7, 11) is 0. The van der Waals surface area contributed by atoms with Crippen molar-refractivity contribution in [2.75, 3.05) is 0 Å². The summed E-state index contributed by atoms with van der Waals surface area (Å²) in [6.45, 7) is 6.36. The third-order valence-electron chi connectivity index (χ3n) is 5.07. The van der Waals surface area contributed by atoms with E-state index in [2.05, 4.69) is 19.2 Å². The Labute approximate surface area is 104 Å². The molecule has 4 aliphatic rings. The quantitative estimate of drug-likeness (QED) is 0.731. The Balaban J connectivity index is 2.01. The minimum Gasteiger partial charge on any atom is -0.351 e. The average molecular weight is 236 g/mol. The molecule has 4 saturated carbocycles.